The van der Waals surface area contributed by atoms with Gasteiger partial charge in [-0.25, -0.2) is 4.79 Å². The molecule has 0 atom stereocenters. The number of hydrogen-bond acceptors (Lipinski definition) is 3. The highest BCUT2D eigenvalue weighted by Crippen LogP contribution is 2.40. The summed E-state index contributed by atoms with van der Waals surface area (Å²) in [4.78, 5) is 11.0. The molecule has 0 aliphatic rings. The molecular formula is C9H8Br2O4. The van der Waals surface area contributed by atoms with Crippen LogP contribution in [0.4, 0.5) is 0 Å². The van der Waals surface area contributed by atoms with E-state index in [0.717, 1.165) is 0 Å². The van der Waals surface area contributed by atoms with E-state index in [4.69, 9.17) is 14.6 Å². The first-order valence-corrected chi connectivity index (χ1v) is 5.44. The highest BCUT2D eigenvalue weighted by atomic mass is 79.9. The molecule has 0 unspecified atom stereocenters. The lowest BCUT2D eigenvalue weighted by Crippen LogP contribution is -2.02. The standard InChI is InChI=1S/C9H8Br2O4/c1-14-4-3-5(15-2)8(11)6(7(4)10)9(12)13/h3H,1-2H3,(H,12,13). The van der Waals surface area contributed by atoms with Gasteiger partial charge in [0.05, 0.1) is 28.7 Å². The second-order valence-electron chi connectivity index (χ2n) is 2.59. The number of rotatable bonds is 3. The molecule has 0 heterocycles. The monoisotopic (exact) mass is 338 g/mol. The van der Waals surface area contributed by atoms with Crippen LogP contribution in [-0.4, -0.2) is 25.3 Å². The van der Waals surface area contributed by atoms with E-state index in [1.807, 2.05) is 0 Å². The Kier molecular flexibility index (Phi) is 3.98. The third-order valence-electron chi connectivity index (χ3n) is 1.79. The van der Waals surface area contributed by atoms with E-state index in [-0.39, 0.29) is 5.56 Å². The van der Waals surface area contributed by atoms with Crippen molar-refractivity contribution in [1.82, 2.24) is 0 Å². The fourth-order valence-electron chi connectivity index (χ4n) is 1.07. The summed E-state index contributed by atoms with van der Waals surface area (Å²) >= 11 is 6.33. The Labute approximate surface area is 103 Å². The Hall–Kier alpha value is -0.750. The molecule has 0 aromatic heterocycles. The Morgan fingerprint density at radius 3 is 1.87 bits per heavy atom. The van der Waals surface area contributed by atoms with Gasteiger partial charge in [0.25, 0.3) is 0 Å². The van der Waals surface area contributed by atoms with Crippen molar-refractivity contribution in [3.8, 4) is 11.5 Å². The predicted molar refractivity (Wildman–Crippen MR) is 61.9 cm³/mol. The minimum absolute atomic E-state index is 0.0752. The molecule has 0 saturated carbocycles. The Bertz CT molecular complexity index is 375. The van der Waals surface area contributed by atoms with Crippen LogP contribution < -0.4 is 9.47 Å². The summed E-state index contributed by atoms with van der Waals surface area (Å²) in [6.07, 6.45) is 0. The number of carbonyl (C=O) groups is 1. The molecule has 1 aromatic carbocycles. The van der Waals surface area contributed by atoms with Crippen LogP contribution in [0.3, 0.4) is 0 Å². The van der Waals surface area contributed by atoms with Crippen LogP contribution in [0.1, 0.15) is 10.4 Å². The molecule has 0 spiro atoms. The average Bonchev–Trinajstić information content (AvgIpc) is 2.18. The molecular weight excluding hydrogens is 332 g/mol. The van der Waals surface area contributed by atoms with Crippen LogP contribution >= 0.6 is 31.9 Å². The average molecular weight is 340 g/mol. The van der Waals surface area contributed by atoms with Gasteiger partial charge in [0, 0.05) is 6.07 Å². The molecule has 0 radical (unpaired) electrons. The number of ether oxygens (including phenoxy) is 2. The van der Waals surface area contributed by atoms with Crippen LogP contribution in [-0.2, 0) is 0 Å². The zero-order valence-electron chi connectivity index (χ0n) is 8.01. The van der Waals surface area contributed by atoms with Crippen molar-refractivity contribution < 1.29 is 19.4 Å². The van der Waals surface area contributed by atoms with E-state index in [9.17, 15) is 4.79 Å². The summed E-state index contributed by atoms with van der Waals surface area (Å²) < 4.78 is 10.8. The molecule has 0 saturated heterocycles. The minimum Gasteiger partial charge on any atom is -0.495 e. The topological polar surface area (TPSA) is 55.8 Å². The zero-order valence-corrected chi connectivity index (χ0v) is 11.2. The first kappa shape index (κ1) is 12.3. The van der Waals surface area contributed by atoms with E-state index in [0.29, 0.717) is 20.4 Å². The van der Waals surface area contributed by atoms with Gasteiger partial charge < -0.3 is 14.6 Å². The van der Waals surface area contributed by atoms with Crippen LogP contribution in [0.5, 0.6) is 11.5 Å². The second-order valence-corrected chi connectivity index (χ2v) is 4.18. The van der Waals surface area contributed by atoms with Crippen LogP contribution in [0.15, 0.2) is 15.0 Å². The number of hydrogen-bond donors (Lipinski definition) is 1. The van der Waals surface area contributed by atoms with Gasteiger partial charge in [0.15, 0.2) is 0 Å². The van der Waals surface area contributed by atoms with Gasteiger partial charge >= 0.3 is 5.97 Å². The van der Waals surface area contributed by atoms with Crippen molar-refractivity contribution in [3.05, 3.63) is 20.6 Å². The van der Waals surface area contributed by atoms with Gasteiger partial charge in [-0.2, -0.15) is 0 Å². The quantitative estimate of drug-likeness (QED) is 0.919. The van der Waals surface area contributed by atoms with Gasteiger partial charge in [0.2, 0.25) is 0 Å². The molecule has 1 N–H and O–H groups in total. The molecule has 1 aromatic rings. The number of benzene rings is 1. The van der Waals surface area contributed by atoms with Gasteiger partial charge in [-0.05, 0) is 31.9 Å². The number of methoxy groups -OCH3 is 2. The second kappa shape index (κ2) is 4.85. The first-order valence-electron chi connectivity index (χ1n) is 3.86. The maximum Gasteiger partial charge on any atom is 0.338 e. The van der Waals surface area contributed by atoms with E-state index < -0.39 is 5.97 Å². The molecule has 6 heteroatoms. The van der Waals surface area contributed by atoms with Crippen molar-refractivity contribution >= 4 is 37.8 Å². The fraction of sp³-hybridized carbons (Fsp3) is 0.222. The number of carboxylic acid groups (broad SMARTS) is 1. The molecule has 0 aliphatic heterocycles. The van der Waals surface area contributed by atoms with Crippen molar-refractivity contribution in [1.29, 1.82) is 0 Å². The molecule has 0 aliphatic carbocycles. The number of halogens is 2. The third-order valence-corrected chi connectivity index (χ3v) is 3.36. The number of carboxylic acids is 1. The SMILES string of the molecule is COc1cc(OC)c(Br)c(C(=O)O)c1Br. The van der Waals surface area contributed by atoms with Crippen molar-refractivity contribution in [2.24, 2.45) is 0 Å². The molecule has 82 valence electrons. The smallest absolute Gasteiger partial charge is 0.338 e. The normalized spacial score (nSPS) is 9.87. The number of aromatic carboxylic acids is 1. The predicted octanol–water partition coefficient (Wildman–Crippen LogP) is 2.93. The maximum atomic E-state index is 11.0. The van der Waals surface area contributed by atoms with Crippen LogP contribution in [0.2, 0.25) is 0 Å². The highest BCUT2D eigenvalue weighted by Gasteiger charge is 2.21. The summed E-state index contributed by atoms with van der Waals surface area (Å²) in [6.45, 7) is 0. The van der Waals surface area contributed by atoms with Gasteiger partial charge in [-0.15, -0.1) is 0 Å². The summed E-state index contributed by atoms with van der Waals surface area (Å²) in [7, 11) is 2.91. The zero-order chi connectivity index (χ0) is 11.6. The largest absolute Gasteiger partial charge is 0.495 e. The maximum absolute atomic E-state index is 11.0. The molecule has 0 amide bonds. The van der Waals surface area contributed by atoms with Crippen molar-refractivity contribution in [2.45, 2.75) is 0 Å². The molecule has 0 fully saturated rings. The lowest BCUT2D eigenvalue weighted by Gasteiger charge is -2.11. The van der Waals surface area contributed by atoms with Gasteiger partial charge in [-0.3, -0.25) is 0 Å². The Balaban J connectivity index is 3.53. The fourth-order valence-corrected chi connectivity index (χ4v) is 2.63. The summed E-state index contributed by atoms with van der Waals surface area (Å²) in [5.41, 5.74) is 0.0752. The van der Waals surface area contributed by atoms with Crippen molar-refractivity contribution in [3.63, 3.8) is 0 Å². The minimum atomic E-state index is -1.06. The Morgan fingerprint density at radius 1 is 1.20 bits per heavy atom. The van der Waals surface area contributed by atoms with Gasteiger partial charge in [-0.1, -0.05) is 0 Å². The lowest BCUT2D eigenvalue weighted by atomic mass is 10.2. The highest BCUT2D eigenvalue weighted by molar-refractivity contribution is 9.11. The molecule has 0 bridgehead atoms. The van der Waals surface area contributed by atoms with E-state index in [2.05, 4.69) is 31.9 Å². The van der Waals surface area contributed by atoms with Crippen LogP contribution in [0.25, 0.3) is 0 Å². The van der Waals surface area contributed by atoms with Gasteiger partial charge in [0.1, 0.15) is 11.5 Å². The summed E-state index contributed by atoms with van der Waals surface area (Å²) in [5, 5.41) is 9.02. The van der Waals surface area contributed by atoms with Crippen LogP contribution in [0, 0.1) is 0 Å². The Morgan fingerprint density at radius 2 is 1.60 bits per heavy atom. The van der Waals surface area contributed by atoms with E-state index >= 15 is 0 Å². The summed E-state index contributed by atoms with van der Waals surface area (Å²) in [5.74, 6) is -0.245. The molecule has 1 rings (SSSR count). The molecule has 4 nitrogen and oxygen atoms in total. The van der Waals surface area contributed by atoms with Crippen molar-refractivity contribution in [2.75, 3.05) is 14.2 Å². The lowest BCUT2D eigenvalue weighted by molar-refractivity contribution is 0.0694. The summed E-state index contributed by atoms with van der Waals surface area (Å²) in [6, 6.07) is 1.60. The van der Waals surface area contributed by atoms with E-state index in [1.165, 1.54) is 14.2 Å². The third kappa shape index (κ3) is 2.26. The molecule has 15 heavy (non-hydrogen) atoms. The first-order chi connectivity index (χ1) is 7.02. The van der Waals surface area contributed by atoms with E-state index in [1.54, 1.807) is 6.07 Å².